The minimum Gasteiger partial charge on any atom is -0.340 e. The molecular formula is C15H16ClFN2O2. The van der Waals surface area contributed by atoms with E-state index in [2.05, 4.69) is 5.32 Å². The zero-order chi connectivity index (χ0) is 15.0. The van der Waals surface area contributed by atoms with Crippen LogP contribution in [-0.2, 0) is 9.59 Å². The Kier molecular flexibility index (Phi) is 3.61. The van der Waals surface area contributed by atoms with E-state index < -0.39 is 11.4 Å². The summed E-state index contributed by atoms with van der Waals surface area (Å²) >= 11 is 5.67. The number of amides is 2. The number of halogens is 2. The van der Waals surface area contributed by atoms with Gasteiger partial charge in [0, 0.05) is 5.69 Å². The molecule has 1 spiro atoms. The summed E-state index contributed by atoms with van der Waals surface area (Å²) in [5, 5.41) is 2.86. The molecule has 2 aliphatic rings. The van der Waals surface area contributed by atoms with E-state index in [1.807, 2.05) is 0 Å². The number of piperazine rings is 1. The van der Waals surface area contributed by atoms with Gasteiger partial charge in [0.25, 0.3) is 5.91 Å². The third-order valence-corrected chi connectivity index (χ3v) is 4.56. The van der Waals surface area contributed by atoms with E-state index in [1.165, 1.54) is 17.0 Å². The van der Waals surface area contributed by atoms with E-state index >= 15 is 0 Å². The predicted octanol–water partition coefficient (Wildman–Crippen LogP) is 2.64. The monoisotopic (exact) mass is 310 g/mol. The Morgan fingerprint density at radius 2 is 1.90 bits per heavy atom. The topological polar surface area (TPSA) is 49.4 Å². The SMILES string of the molecule is O=C1CN(c2ccc(Cl)c(F)c2)C(=O)C2(CCCCC2)N1. The third-order valence-electron chi connectivity index (χ3n) is 4.26. The Bertz CT molecular complexity index is 599. The second-order valence-corrected chi connectivity index (χ2v) is 6.09. The highest BCUT2D eigenvalue weighted by Crippen LogP contribution is 2.34. The lowest BCUT2D eigenvalue weighted by molar-refractivity contribution is -0.137. The lowest BCUT2D eigenvalue weighted by atomic mass is 9.79. The Balaban J connectivity index is 1.95. The highest BCUT2D eigenvalue weighted by molar-refractivity contribution is 6.30. The molecule has 0 unspecified atom stereocenters. The molecule has 1 saturated carbocycles. The van der Waals surface area contributed by atoms with Crippen molar-refractivity contribution >= 4 is 29.1 Å². The van der Waals surface area contributed by atoms with Crippen LogP contribution >= 0.6 is 11.6 Å². The highest BCUT2D eigenvalue weighted by atomic mass is 35.5. The van der Waals surface area contributed by atoms with Crippen molar-refractivity contribution in [2.45, 2.75) is 37.6 Å². The lowest BCUT2D eigenvalue weighted by Gasteiger charge is -2.44. The van der Waals surface area contributed by atoms with Crippen LogP contribution in [0.1, 0.15) is 32.1 Å². The molecule has 1 N–H and O–H groups in total. The van der Waals surface area contributed by atoms with Gasteiger partial charge in [-0.05, 0) is 31.0 Å². The van der Waals surface area contributed by atoms with Crippen molar-refractivity contribution in [2.75, 3.05) is 11.4 Å². The van der Waals surface area contributed by atoms with Crippen LogP contribution < -0.4 is 10.2 Å². The van der Waals surface area contributed by atoms with Gasteiger partial charge in [0.2, 0.25) is 5.91 Å². The number of nitrogens with one attached hydrogen (secondary N) is 1. The Morgan fingerprint density at radius 3 is 2.57 bits per heavy atom. The van der Waals surface area contributed by atoms with E-state index in [-0.39, 0.29) is 23.4 Å². The fourth-order valence-electron chi connectivity index (χ4n) is 3.19. The average molecular weight is 311 g/mol. The van der Waals surface area contributed by atoms with Gasteiger partial charge < -0.3 is 10.2 Å². The number of carbonyl (C=O) groups is 2. The molecule has 1 aliphatic heterocycles. The average Bonchev–Trinajstić information content (AvgIpc) is 2.47. The molecule has 2 amide bonds. The maximum atomic E-state index is 13.6. The van der Waals surface area contributed by atoms with Crippen LogP contribution in [0, 0.1) is 5.82 Å². The van der Waals surface area contributed by atoms with Gasteiger partial charge in [0.1, 0.15) is 17.9 Å². The maximum absolute atomic E-state index is 13.6. The molecule has 1 aliphatic carbocycles. The molecule has 3 rings (SSSR count). The second-order valence-electron chi connectivity index (χ2n) is 5.68. The molecule has 21 heavy (non-hydrogen) atoms. The highest BCUT2D eigenvalue weighted by Gasteiger charge is 2.47. The number of anilines is 1. The molecule has 1 aromatic rings. The third kappa shape index (κ3) is 2.50. The maximum Gasteiger partial charge on any atom is 0.253 e. The van der Waals surface area contributed by atoms with Crippen LogP contribution in [0.4, 0.5) is 10.1 Å². The summed E-state index contributed by atoms with van der Waals surface area (Å²) in [5.41, 5.74) is -0.439. The van der Waals surface area contributed by atoms with Crippen LogP contribution in [0.3, 0.4) is 0 Å². The molecule has 4 nitrogen and oxygen atoms in total. The number of nitrogens with zero attached hydrogens (tertiary/aromatic N) is 1. The van der Waals surface area contributed by atoms with E-state index in [1.54, 1.807) is 6.07 Å². The summed E-state index contributed by atoms with van der Waals surface area (Å²) in [7, 11) is 0. The number of carbonyl (C=O) groups excluding carboxylic acids is 2. The van der Waals surface area contributed by atoms with Crippen LogP contribution in [0.15, 0.2) is 18.2 Å². The van der Waals surface area contributed by atoms with Gasteiger partial charge in [0.15, 0.2) is 0 Å². The van der Waals surface area contributed by atoms with Crippen molar-refractivity contribution in [1.82, 2.24) is 5.32 Å². The first kappa shape index (κ1) is 14.3. The quantitative estimate of drug-likeness (QED) is 0.867. The van der Waals surface area contributed by atoms with Gasteiger partial charge >= 0.3 is 0 Å². The van der Waals surface area contributed by atoms with E-state index in [9.17, 15) is 14.0 Å². The zero-order valence-electron chi connectivity index (χ0n) is 11.5. The summed E-state index contributed by atoms with van der Waals surface area (Å²) in [5.74, 6) is -0.943. The van der Waals surface area contributed by atoms with E-state index in [4.69, 9.17) is 11.6 Å². The summed E-state index contributed by atoms with van der Waals surface area (Å²) in [6.45, 7) is -0.0817. The molecule has 2 fully saturated rings. The summed E-state index contributed by atoms with van der Waals surface area (Å²) in [6, 6.07) is 4.17. The van der Waals surface area contributed by atoms with Crippen LogP contribution in [0.25, 0.3) is 0 Å². The fourth-order valence-corrected chi connectivity index (χ4v) is 3.31. The Morgan fingerprint density at radius 1 is 1.19 bits per heavy atom. The molecule has 1 heterocycles. The summed E-state index contributed by atoms with van der Waals surface area (Å²) in [6.07, 6.45) is 4.18. The fraction of sp³-hybridized carbons (Fsp3) is 0.467. The largest absolute Gasteiger partial charge is 0.340 e. The number of hydrogen-bond acceptors (Lipinski definition) is 2. The first-order chi connectivity index (χ1) is 10.0. The van der Waals surface area contributed by atoms with Crippen LogP contribution in [0.2, 0.25) is 5.02 Å². The minimum absolute atomic E-state index is 0.0000367. The van der Waals surface area contributed by atoms with Gasteiger partial charge in [-0.15, -0.1) is 0 Å². The van der Waals surface area contributed by atoms with Crippen molar-refractivity contribution in [2.24, 2.45) is 0 Å². The number of rotatable bonds is 1. The van der Waals surface area contributed by atoms with Gasteiger partial charge in [0.05, 0.1) is 5.02 Å². The zero-order valence-corrected chi connectivity index (χ0v) is 12.3. The minimum atomic E-state index is -0.816. The summed E-state index contributed by atoms with van der Waals surface area (Å²) < 4.78 is 13.6. The predicted molar refractivity (Wildman–Crippen MR) is 77.7 cm³/mol. The Hall–Kier alpha value is -1.62. The molecular weight excluding hydrogens is 295 g/mol. The molecule has 0 aromatic heterocycles. The van der Waals surface area contributed by atoms with Crippen molar-refractivity contribution in [1.29, 1.82) is 0 Å². The van der Waals surface area contributed by atoms with Crippen molar-refractivity contribution in [3.05, 3.63) is 29.0 Å². The van der Waals surface area contributed by atoms with Crippen LogP contribution in [-0.4, -0.2) is 23.9 Å². The molecule has 0 radical (unpaired) electrons. The molecule has 1 aromatic carbocycles. The molecule has 1 saturated heterocycles. The van der Waals surface area contributed by atoms with Gasteiger partial charge in [-0.2, -0.15) is 0 Å². The molecule has 0 atom stereocenters. The molecule has 6 heteroatoms. The second kappa shape index (κ2) is 5.30. The summed E-state index contributed by atoms with van der Waals surface area (Å²) in [4.78, 5) is 26.2. The molecule has 112 valence electrons. The van der Waals surface area contributed by atoms with E-state index in [0.29, 0.717) is 18.5 Å². The number of benzene rings is 1. The Labute approximate surface area is 127 Å². The smallest absolute Gasteiger partial charge is 0.253 e. The normalized spacial score (nSPS) is 21.5. The van der Waals surface area contributed by atoms with Crippen molar-refractivity contribution in [3.8, 4) is 0 Å². The van der Waals surface area contributed by atoms with Gasteiger partial charge in [-0.1, -0.05) is 30.9 Å². The standard InChI is InChI=1S/C15H16ClFN2O2/c16-11-5-4-10(8-12(11)17)19-9-13(20)18-15(14(19)21)6-2-1-3-7-15/h4-5,8H,1-3,6-7,9H2,(H,18,20). The first-order valence-corrected chi connectivity index (χ1v) is 7.48. The number of hydrogen-bond donors (Lipinski definition) is 1. The van der Waals surface area contributed by atoms with Gasteiger partial charge in [-0.3, -0.25) is 9.59 Å². The van der Waals surface area contributed by atoms with Crippen LogP contribution in [0.5, 0.6) is 0 Å². The lowest BCUT2D eigenvalue weighted by Crippen LogP contribution is -2.67. The van der Waals surface area contributed by atoms with Crippen molar-refractivity contribution < 1.29 is 14.0 Å². The van der Waals surface area contributed by atoms with E-state index in [0.717, 1.165) is 19.3 Å². The first-order valence-electron chi connectivity index (χ1n) is 7.10. The van der Waals surface area contributed by atoms with Gasteiger partial charge in [-0.25, -0.2) is 4.39 Å². The molecule has 0 bridgehead atoms. The van der Waals surface area contributed by atoms with Crippen molar-refractivity contribution in [3.63, 3.8) is 0 Å².